The van der Waals surface area contributed by atoms with Crippen molar-refractivity contribution in [1.29, 1.82) is 0 Å². The van der Waals surface area contributed by atoms with Gasteiger partial charge >= 0.3 is 0 Å². The maximum absolute atomic E-state index is 14.1. The first-order chi connectivity index (χ1) is 13.2. The highest BCUT2D eigenvalue weighted by Crippen LogP contribution is 2.24. The van der Waals surface area contributed by atoms with Gasteiger partial charge in [0.1, 0.15) is 23.5 Å². The summed E-state index contributed by atoms with van der Waals surface area (Å²) in [4.78, 5) is 18.8. The molecule has 1 N–H and O–H groups in total. The van der Waals surface area contributed by atoms with Gasteiger partial charge in [0.2, 0.25) is 5.75 Å². The molecule has 0 saturated carbocycles. The van der Waals surface area contributed by atoms with E-state index < -0.39 is 5.56 Å². The van der Waals surface area contributed by atoms with Crippen LogP contribution < -0.4 is 10.3 Å². The summed E-state index contributed by atoms with van der Waals surface area (Å²) in [5, 5.41) is 8.39. The molecule has 0 saturated heterocycles. The first kappa shape index (κ1) is 16.7. The van der Waals surface area contributed by atoms with Crippen LogP contribution in [-0.4, -0.2) is 32.0 Å². The molecule has 4 aromatic rings. The van der Waals surface area contributed by atoms with Crippen molar-refractivity contribution in [2.75, 3.05) is 7.11 Å². The third-order valence-corrected chi connectivity index (χ3v) is 3.99. The Morgan fingerprint density at radius 2 is 2.11 bits per heavy atom. The summed E-state index contributed by atoms with van der Waals surface area (Å²) >= 11 is 0. The van der Waals surface area contributed by atoms with Crippen molar-refractivity contribution in [3.8, 4) is 28.7 Å². The van der Waals surface area contributed by atoms with E-state index in [1.165, 1.54) is 25.6 Å². The van der Waals surface area contributed by atoms with Crippen molar-refractivity contribution in [2.24, 2.45) is 0 Å². The van der Waals surface area contributed by atoms with E-state index in [-0.39, 0.29) is 23.9 Å². The molecule has 0 atom stereocenters. The highest BCUT2D eigenvalue weighted by Gasteiger charge is 2.17. The Hall–Kier alpha value is -3.75. The molecular weight excluding hydrogens is 353 g/mol. The molecule has 0 unspecified atom stereocenters. The van der Waals surface area contributed by atoms with Gasteiger partial charge in [-0.25, -0.2) is 9.37 Å². The zero-order valence-electron chi connectivity index (χ0n) is 14.2. The summed E-state index contributed by atoms with van der Waals surface area (Å²) in [5.74, 6) is 0.0238. The summed E-state index contributed by atoms with van der Waals surface area (Å²) in [6, 6.07) is 9.81. The van der Waals surface area contributed by atoms with Gasteiger partial charge in [0.25, 0.3) is 5.56 Å². The van der Waals surface area contributed by atoms with Gasteiger partial charge in [-0.1, -0.05) is 23.4 Å². The lowest BCUT2D eigenvalue weighted by Crippen LogP contribution is -2.11. The van der Waals surface area contributed by atoms with Crippen LogP contribution in [0.15, 0.2) is 58.2 Å². The molecule has 0 amide bonds. The molecule has 0 bridgehead atoms. The van der Waals surface area contributed by atoms with Gasteiger partial charge < -0.3 is 14.2 Å². The van der Waals surface area contributed by atoms with Gasteiger partial charge in [0, 0.05) is 11.6 Å². The maximum Gasteiger partial charge on any atom is 0.293 e. The monoisotopic (exact) mass is 367 g/mol. The Kier molecular flexibility index (Phi) is 4.25. The average Bonchev–Trinajstić information content (AvgIpc) is 3.33. The van der Waals surface area contributed by atoms with Crippen molar-refractivity contribution in [2.45, 2.75) is 6.54 Å². The van der Waals surface area contributed by atoms with Gasteiger partial charge in [-0.05, 0) is 12.1 Å². The van der Waals surface area contributed by atoms with Crippen LogP contribution in [0.1, 0.15) is 5.56 Å². The molecule has 0 radical (unpaired) electrons. The summed E-state index contributed by atoms with van der Waals surface area (Å²) < 4.78 is 25.5. The number of hydrogen-bond acceptors (Lipinski definition) is 6. The largest absolute Gasteiger partial charge is 0.490 e. The molecule has 4 rings (SSSR count). The molecule has 27 heavy (non-hydrogen) atoms. The van der Waals surface area contributed by atoms with Crippen LogP contribution in [0.3, 0.4) is 0 Å². The number of hydrogen-bond donors (Lipinski definition) is 1. The summed E-state index contributed by atoms with van der Waals surface area (Å²) in [7, 11) is 1.39. The Labute approximate surface area is 152 Å². The van der Waals surface area contributed by atoms with Gasteiger partial charge in [0.15, 0.2) is 5.82 Å². The lowest BCUT2D eigenvalue weighted by molar-refractivity contribution is 0.406. The van der Waals surface area contributed by atoms with Crippen LogP contribution in [0.4, 0.5) is 4.39 Å². The number of nitrogens with zero attached hydrogens (tertiary/aromatic N) is 4. The fourth-order valence-electron chi connectivity index (χ4n) is 2.65. The number of ether oxygens (including phenoxy) is 1. The number of rotatable bonds is 5. The van der Waals surface area contributed by atoms with Crippen LogP contribution in [-0.2, 0) is 6.54 Å². The summed E-state index contributed by atoms with van der Waals surface area (Å²) in [6.07, 6.45) is 2.75. The Bertz CT molecular complexity index is 1130. The number of aromatic amines is 1. The molecular formula is C18H14FN5O3. The second-order valence-corrected chi connectivity index (χ2v) is 5.68. The second-order valence-electron chi connectivity index (χ2n) is 5.68. The van der Waals surface area contributed by atoms with E-state index >= 15 is 0 Å². The smallest absolute Gasteiger partial charge is 0.293 e. The summed E-state index contributed by atoms with van der Waals surface area (Å²) in [6.45, 7) is 0.176. The molecule has 136 valence electrons. The topological polar surface area (TPSA) is 98.8 Å². The van der Waals surface area contributed by atoms with E-state index in [0.717, 1.165) is 0 Å². The van der Waals surface area contributed by atoms with Gasteiger partial charge in [-0.3, -0.25) is 9.48 Å². The predicted molar refractivity (Wildman–Crippen MR) is 93.6 cm³/mol. The van der Waals surface area contributed by atoms with Crippen LogP contribution in [0.25, 0.3) is 22.9 Å². The van der Waals surface area contributed by atoms with Crippen LogP contribution >= 0.6 is 0 Å². The number of benzene rings is 1. The van der Waals surface area contributed by atoms with Gasteiger partial charge in [0.05, 0.1) is 25.5 Å². The van der Waals surface area contributed by atoms with Crippen molar-refractivity contribution in [1.82, 2.24) is 24.9 Å². The van der Waals surface area contributed by atoms with Crippen LogP contribution in [0, 0.1) is 5.82 Å². The first-order valence-corrected chi connectivity index (χ1v) is 8.01. The zero-order chi connectivity index (χ0) is 18.8. The fraction of sp³-hybridized carbons (Fsp3) is 0.111. The molecule has 1 aromatic carbocycles. The SMILES string of the molecule is COc1cnc(-c2cc(-c3ccon3)n(Cc3ccccc3F)n2)[nH]c1=O. The number of methoxy groups -OCH3 is 1. The number of halogens is 1. The predicted octanol–water partition coefficient (Wildman–Crippen LogP) is 2.48. The van der Waals surface area contributed by atoms with Crippen molar-refractivity contribution >= 4 is 0 Å². The van der Waals surface area contributed by atoms with E-state index in [2.05, 4.69) is 20.2 Å². The summed E-state index contributed by atoms with van der Waals surface area (Å²) in [5.41, 5.74) is 1.58. The molecule has 0 aliphatic heterocycles. The quantitative estimate of drug-likeness (QED) is 0.582. The van der Waals surface area contributed by atoms with Crippen molar-refractivity contribution in [3.05, 3.63) is 70.6 Å². The minimum absolute atomic E-state index is 0.0984. The first-order valence-electron chi connectivity index (χ1n) is 8.01. The van der Waals surface area contributed by atoms with E-state index in [1.807, 2.05) is 0 Å². The van der Waals surface area contributed by atoms with E-state index in [9.17, 15) is 9.18 Å². The maximum atomic E-state index is 14.1. The third-order valence-electron chi connectivity index (χ3n) is 3.99. The molecule has 8 nitrogen and oxygen atoms in total. The lowest BCUT2D eigenvalue weighted by Gasteiger charge is -2.06. The molecule has 9 heteroatoms. The number of aromatic nitrogens is 5. The van der Waals surface area contributed by atoms with E-state index in [0.29, 0.717) is 22.6 Å². The number of H-pyrrole nitrogens is 1. The molecule has 0 aliphatic rings. The molecule has 3 heterocycles. The number of nitrogens with one attached hydrogen (secondary N) is 1. The molecule has 3 aromatic heterocycles. The Morgan fingerprint density at radius 1 is 1.26 bits per heavy atom. The van der Waals surface area contributed by atoms with Crippen LogP contribution in [0.2, 0.25) is 0 Å². The molecule has 0 fully saturated rings. The highest BCUT2D eigenvalue weighted by atomic mass is 19.1. The van der Waals surface area contributed by atoms with E-state index in [4.69, 9.17) is 9.26 Å². The average molecular weight is 367 g/mol. The van der Waals surface area contributed by atoms with Crippen LogP contribution in [0.5, 0.6) is 5.75 Å². The van der Waals surface area contributed by atoms with Gasteiger partial charge in [-0.15, -0.1) is 0 Å². The standard InChI is InChI=1S/C18H14FN5O3/c1-26-16-9-20-17(21-18(16)25)14-8-15(13-6-7-27-23-13)24(22-14)10-11-4-2-3-5-12(11)19/h2-9H,10H2,1H3,(H,20,21,25). The molecule has 0 spiro atoms. The minimum atomic E-state index is -0.422. The zero-order valence-corrected chi connectivity index (χ0v) is 14.2. The molecule has 0 aliphatic carbocycles. The lowest BCUT2D eigenvalue weighted by atomic mass is 10.2. The minimum Gasteiger partial charge on any atom is -0.490 e. The fourth-order valence-corrected chi connectivity index (χ4v) is 2.65. The van der Waals surface area contributed by atoms with Gasteiger partial charge in [-0.2, -0.15) is 5.10 Å². The second kappa shape index (κ2) is 6.87. The van der Waals surface area contributed by atoms with Crippen molar-refractivity contribution < 1.29 is 13.7 Å². The normalized spacial score (nSPS) is 10.9. The van der Waals surface area contributed by atoms with Crippen molar-refractivity contribution in [3.63, 3.8) is 0 Å². The Balaban J connectivity index is 1.80. The Morgan fingerprint density at radius 3 is 2.81 bits per heavy atom. The van der Waals surface area contributed by atoms with E-state index in [1.54, 1.807) is 35.0 Å². The third kappa shape index (κ3) is 3.22. The highest BCUT2D eigenvalue weighted by molar-refractivity contribution is 5.62.